The lowest BCUT2D eigenvalue weighted by Crippen LogP contribution is -2.46. The number of nitro benzene ring substituents is 1. The summed E-state index contributed by atoms with van der Waals surface area (Å²) in [5.74, 6) is -1.70. The van der Waals surface area contributed by atoms with Gasteiger partial charge in [0.2, 0.25) is 0 Å². The standard InChI is InChI=1S/C15H18N2O5/c1-8(2)12-4-3-9(7-13(12)17(21)22)14(18)16-11-5-10(6-11)15(19)20/h3-4,7-8,10-11H,5-6H2,1-2H3,(H,16,18)(H,19,20). The Hall–Kier alpha value is -2.44. The molecule has 0 heterocycles. The number of carboxylic acids is 1. The van der Waals surface area contributed by atoms with Crippen molar-refractivity contribution in [1.29, 1.82) is 0 Å². The van der Waals surface area contributed by atoms with Gasteiger partial charge >= 0.3 is 5.97 Å². The number of carbonyl (C=O) groups excluding carboxylic acids is 1. The third-order valence-corrected chi connectivity index (χ3v) is 3.93. The Bertz CT molecular complexity index is 620. The summed E-state index contributed by atoms with van der Waals surface area (Å²) in [7, 11) is 0. The summed E-state index contributed by atoms with van der Waals surface area (Å²) in [5.41, 5.74) is 0.727. The van der Waals surface area contributed by atoms with Gasteiger partial charge in [-0.2, -0.15) is 0 Å². The molecule has 1 aromatic carbocycles. The van der Waals surface area contributed by atoms with Crippen molar-refractivity contribution < 1.29 is 19.6 Å². The zero-order valence-corrected chi connectivity index (χ0v) is 12.4. The first-order chi connectivity index (χ1) is 10.3. The number of amides is 1. The minimum absolute atomic E-state index is 0.0135. The largest absolute Gasteiger partial charge is 0.481 e. The van der Waals surface area contributed by atoms with Crippen LogP contribution in [0.2, 0.25) is 0 Å². The maximum absolute atomic E-state index is 12.1. The predicted octanol–water partition coefficient (Wildman–Crippen LogP) is 2.31. The molecule has 2 N–H and O–H groups in total. The zero-order valence-electron chi connectivity index (χ0n) is 12.4. The zero-order chi connectivity index (χ0) is 16.4. The van der Waals surface area contributed by atoms with Gasteiger partial charge in [-0.15, -0.1) is 0 Å². The number of aliphatic carboxylic acids is 1. The number of nitro groups is 1. The van der Waals surface area contributed by atoms with Crippen LogP contribution in [0, 0.1) is 16.0 Å². The molecule has 7 heteroatoms. The van der Waals surface area contributed by atoms with Gasteiger partial charge in [0.25, 0.3) is 11.6 Å². The van der Waals surface area contributed by atoms with E-state index in [0.29, 0.717) is 18.4 Å². The molecule has 1 fully saturated rings. The molecule has 118 valence electrons. The van der Waals surface area contributed by atoms with E-state index in [0.717, 1.165) is 0 Å². The van der Waals surface area contributed by atoms with E-state index in [1.54, 1.807) is 12.1 Å². The minimum Gasteiger partial charge on any atom is -0.481 e. The van der Waals surface area contributed by atoms with Gasteiger partial charge in [0.05, 0.1) is 10.8 Å². The Morgan fingerprint density at radius 3 is 2.50 bits per heavy atom. The molecule has 1 amide bonds. The second-order valence-corrected chi connectivity index (χ2v) is 5.86. The molecule has 1 aromatic rings. The summed E-state index contributed by atoms with van der Waals surface area (Å²) in [4.78, 5) is 33.4. The maximum atomic E-state index is 12.1. The number of hydrogen-bond donors (Lipinski definition) is 2. The summed E-state index contributed by atoms with van der Waals surface area (Å²) in [6.07, 6.45) is 0.792. The second kappa shape index (κ2) is 6.13. The first-order valence-electron chi connectivity index (χ1n) is 7.11. The Labute approximate surface area is 127 Å². The number of benzene rings is 1. The van der Waals surface area contributed by atoms with Crippen LogP contribution in [-0.2, 0) is 4.79 Å². The van der Waals surface area contributed by atoms with Crippen LogP contribution in [0.15, 0.2) is 18.2 Å². The van der Waals surface area contributed by atoms with Crippen molar-refractivity contribution in [1.82, 2.24) is 5.32 Å². The predicted molar refractivity (Wildman–Crippen MR) is 78.8 cm³/mol. The Morgan fingerprint density at radius 1 is 1.36 bits per heavy atom. The van der Waals surface area contributed by atoms with E-state index in [4.69, 9.17) is 5.11 Å². The highest BCUT2D eigenvalue weighted by Crippen LogP contribution is 2.29. The molecule has 0 saturated heterocycles. The average Bonchev–Trinajstić information content (AvgIpc) is 2.40. The van der Waals surface area contributed by atoms with Crippen LogP contribution in [0.1, 0.15) is 48.5 Å². The van der Waals surface area contributed by atoms with Crippen LogP contribution < -0.4 is 5.32 Å². The highest BCUT2D eigenvalue weighted by atomic mass is 16.6. The van der Waals surface area contributed by atoms with Gasteiger partial charge in [-0.3, -0.25) is 19.7 Å². The molecule has 0 radical (unpaired) electrons. The van der Waals surface area contributed by atoms with Gasteiger partial charge in [0, 0.05) is 23.2 Å². The highest BCUT2D eigenvalue weighted by Gasteiger charge is 2.35. The van der Waals surface area contributed by atoms with Gasteiger partial charge in [-0.05, 0) is 24.8 Å². The molecule has 0 aliphatic heterocycles. The van der Waals surface area contributed by atoms with Crippen molar-refractivity contribution in [3.8, 4) is 0 Å². The molecule has 1 aliphatic carbocycles. The van der Waals surface area contributed by atoms with Crippen LogP contribution >= 0.6 is 0 Å². The fourth-order valence-corrected chi connectivity index (χ4v) is 2.54. The second-order valence-electron chi connectivity index (χ2n) is 5.86. The molecule has 0 bridgehead atoms. The Morgan fingerprint density at radius 2 is 2.00 bits per heavy atom. The third kappa shape index (κ3) is 3.24. The molecule has 0 unspecified atom stereocenters. The summed E-state index contributed by atoms with van der Waals surface area (Å²) in [5, 5.41) is 22.6. The van der Waals surface area contributed by atoms with Crippen LogP contribution in [0.3, 0.4) is 0 Å². The van der Waals surface area contributed by atoms with E-state index in [9.17, 15) is 19.7 Å². The van der Waals surface area contributed by atoms with Crippen molar-refractivity contribution in [2.75, 3.05) is 0 Å². The molecular formula is C15H18N2O5. The van der Waals surface area contributed by atoms with Crippen molar-refractivity contribution in [2.24, 2.45) is 5.92 Å². The van der Waals surface area contributed by atoms with Crippen LogP contribution in [0.25, 0.3) is 0 Å². The van der Waals surface area contributed by atoms with Gasteiger partial charge in [-0.1, -0.05) is 19.9 Å². The monoisotopic (exact) mass is 306 g/mol. The van der Waals surface area contributed by atoms with E-state index >= 15 is 0 Å². The van der Waals surface area contributed by atoms with Crippen LogP contribution in [0.5, 0.6) is 0 Å². The summed E-state index contributed by atoms with van der Waals surface area (Å²) in [6.45, 7) is 3.70. The molecule has 7 nitrogen and oxygen atoms in total. The summed E-state index contributed by atoms with van der Waals surface area (Å²) < 4.78 is 0. The van der Waals surface area contributed by atoms with Crippen molar-refractivity contribution in [2.45, 2.75) is 38.6 Å². The molecule has 1 aliphatic rings. The summed E-state index contributed by atoms with van der Waals surface area (Å²) in [6, 6.07) is 4.25. The normalized spacial score (nSPS) is 20.3. The topological polar surface area (TPSA) is 110 Å². The number of nitrogens with zero attached hydrogens (tertiary/aromatic N) is 1. The smallest absolute Gasteiger partial charge is 0.306 e. The lowest BCUT2D eigenvalue weighted by atomic mass is 9.80. The molecule has 22 heavy (non-hydrogen) atoms. The molecule has 0 atom stereocenters. The van der Waals surface area contributed by atoms with Gasteiger partial charge in [-0.25, -0.2) is 0 Å². The van der Waals surface area contributed by atoms with Gasteiger partial charge in [0.15, 0.2) is 0 Å². The number of hydrogen-bond acceptors (Lipinski definition) is 4. The van der Waals surface area contributed by atoms with E-state index in [2.05, 4.69) is 5.32 Å². The number of rotatable bonds is 5. The van der Waals surface area contributed by atoms with Gasteiger partial charge in [0.1, 0.15) is 0 Å². The van der Waals surface area contributed by atoms with E-state index in [1.165, 1.54) is 6.07 Å². The average molecular weight is 306 g/mol. The molecular weight excluding hydrogens is 288 g/mol. The lowest BCUT2D eigenvalue weighted by molar-refractivity contribution is -0.385. The molecule has 2 rings (SSSR count). The van der Waals surface area contributed by atoms with E-state index in [1.807, 2.05) is 13.8 Å². The first-order valence-corrected chi connectivity index (χ1v) is 7.11. The van der Waals surface area contributed by atoms with Crippen LogP contribution in [-0.4, -0.2) is 27.9 Å². The Balaban J connectivity index is 2.09. The molecule has 1 saturated carbocycles. The summed E-state index contributed by atoms with van der Waals surface area (Å²) >= 11 is 0. The number of nitrogens with one attached hydrogen (secondary N) is 1. The van der Waals surface area contributed by atoms with Crippen LogP contribution in [0.4, 0.5) is 5.69 Å². The molecule has 0 aromatic heterocycles. The fourth-order valence-electron chi connectivity index (χ4n) is 2.54. The maximum Gasteiger partial charge on any atom is 0.306 e. The SMILES string of the molecule is CC(C)c1ccc(C(=O)NC2CC(C(=O)O)C2)cc1[N+](=O)[O-]. The quantitative estimate of drug-likeness (QED) is 0.640. The first kappa shape index (κ1) is 15.9. The number of carboxylic acid groups (broad SMARTS) is 1. The van der Waals surface area contributed by atoms with E-state index < -0.39 is 22.7 Å². The Kier molecular flexibility index (Phi) is 4.44. The van der Waals surface area contributed by atoms with Crippen molar-refractivity contribution >= 4 is 17.6 Å². The van der Waals surface area contributed by atoms with E-state index in [-0.39, 0.29) is 23.2 Å². The molecule has 0 spiro atoms. The van der Waals surface area contributed by atoms with Crippen molar-refractivity contribution in [3.63, 3.8) is 0 Å². The minimum atomic E-state index is -0.859. The third-order valence-electron chi connectivity index (χ3n) is 3.93. The lowest BCUT2D eigenvalue weighted by Gasteiger charge is -2.32. The van der Waals surface area contributed by atoms with Crippen molar-refractivity contribution in [3.05, 3.63) is 39.4 Å². The number of carbonyl (C=O) groups is 2. The highest BCUT2D eigenvalue weighted by molar-refractivity contribution is 5.95. The van der Waals surface area contributed by atoms with Gasteiger partial charge < -0.3 is 10.4 Å². The fraction of sp³-hybridized carbons (Fsp3) is 0.467.